The van der Waals surface area contributed by atoms with E-state index in [4.69, 9.17) is 15.9 Å². The lowest BCUT2D eigenvalue weighted by Gasteiger charge is -2.27. The first kappa shape index (κ1) is 15.3. The Balaban J connectivity index is 0. The van der Waals surface area contributed by atoms with Crippen LogP contribution in [0.4, 0.5) is 0 Å². The van der Waals surface area contributed by atoms with Crippen LogP contribution < -0.4 is 5.73 Å². The first-order valence-corrected chi connectivity index (χ1v) is 4.13. The van der Waals surface area contributed by atoms with Crippen LogP contribution in [0.3, 0.4) is 0 Å². The van der Waals surface area contributed by atoms with Crippen molar-refractivity contribution in [3.05, 3.63) is 0 Å². The molecule has 0 rings (SSSR count). The van der Waals surface area contributed by atoms with Gasteiger partial charge in [0.2, 0.25) is 0 Å². The molecule has 0 saturated heterocycles. The van der Waals surface area contributed by atoms with E-state index in [-0.39, 0.29) is 25.6 Å². The van der Waals surface area contributed by atoms with Crippen molar-refractivity contribution in [2.75, 3.05) is 13.2 Å². The highest BCUT2D eigenvalue weighted by molar-refractivity contribution is 5.85. The molecule has 0 fully saturated rings. The summed E-state index contributed by atoms with van der Waals surface area (Å²) >= 11 is 0. The summed E-state index contributed by atoms with van der Waals surface area (Å²) in [5.74, 6) is 0. The summed E-state index contributed by atoms with van der Waals surface area (Å²) in [4.78, 5) is 10.1. The Morgan fingerprint density at radius 2 is 1.62 bits per heavy atom. The van der Waals surface area contributed by atoms with Crippen LogP contribution in [0, 0.1) is 0 Å². The highest BCUT2D eigenvalue weighted by Gasteiger charge is 2.22. The minimum absolute atomic E-state index is 0. The fourth-order valence-electron chi connectivity index (χ4n) is 1.17. The molecule has 80 valence electrons. The second kappa shape index (κ2) is 8.44. The minimum Gasteiger partial charge on any atom is -0.396 e. The first-order valence-electron chi connectivity index (χ1n) is 4.13. The number of hydrogen-bond donors (Lipinski definition) is 3. The van der Waals surface area contributed by atoms with Crippen LogP contribution in [-0.4, -0.2) is 35.3 Å². The normalized spacial score (nSPS) is 10.7. The predicted molar refractivity (Wildman–Crippen MR) is 52.9 cm³/mol. The van der Waals surface area contributed by atoms with E-state index >= 15 is 0 Å². The van der Waals surface area contributed by atoms with Gasteiger partial charge >= 0.3 is 0 Å². The van der Waals surface area contributed by atoms with Crippen LogP contribution in [0.2, 0.25) is 0 Å². The molecule has 0 unspecified atom stereocenters. The van der Waals surface area contributed by atoms with Crippen LogP contribution in [0.5, 0.6) is 0 Å². The molecule has 0 aliphatic rings. The second-order valence-corrected chi connectivity index (χ2v) is 3.01. The number of halogens is 1. The van der Waals surface area contributed by atoms with Gasteiger partial charge in [0.15, 0.2) is 0 Å². The van der Waals surface area contributed by atoms with E-state index in [0.717, 1.165) is 6.29 Å². The van der Waals surface area contributed by atoms with Gasteiger partial charge in [-0.15, -0.1) is 12.4 Å². The Bertz CT molecular complexity index is 127. The molecule has 0 aromatic rings. The van der Waals surface area contributed by atoms with Crippen molar-refractivity contribution in [1.82, 2.24) is 0 Å². The van der Waals surface area contributed by atoms with Crippen molar-refractivity contribution in [2.45, 2.75) is 31.2 Å². The molecule has 0 radical (unpaired) electrons. The number of carbonyl (C=O) groups is 1. The molecule has 13 heavy (non-hydrogen) atoms. The molecule has 0 spiro atoms. The number of aliphatic hydroxyl groups excluding tert-OH is 2. The average molecular weight is 212 g/mol. The maximum absolute atomic E-state index is 10.1. The fraction of sp³-hybridized carbons (Fsp3) is 0.875. The summed E-state index contributed by atoms with van der Waals surface area (Å²) in [5, 5.41) is 17.4. The smallest absolute Gasteiger partial charge is 0.120 e. The third kappa shape index (κ3) is 6.95. The number of carbonyl (C=O) groups excluding carboxylic acids is 1. The third-order valence-corrected chi connectivity index (χ3v) is 1.98. The monoisotopic (exact) mass is 211 g/mol. The summed E-state index contributed by atoms with van der Waals surface area (Å²) < 4.78 is 0. The van der Waals surface area contributed by atoms with Crippen LogP contribution >= 0.6 is 12.4 Å². The van der Waals surface area contributed by atoms with Crippen molar-refractivity contribution in [3.63, 3.8) is 0 Å². The van der Waals surface area contributed by atoms with Gasteiger partial charge in [-0.3, -0.25) is 0 Å². The van der Waals surface area contributed by atoms with Gasteiger partial charge in [0.25, 0.3) is 0 Å². The van der Waals surface area contributed by atoms with Crippen LogP contribution in [0.15, 0.2) is 0 Å². The zero-order valence-electron chi connectivity index (χ0n) is 7.61. The zero-order chi connectivity index (χ0) is 9.45. The topological polar surface area (TPSA) is 83.6 Å². The summed E-state index contributed by atoms with van der Waals surface area (Å²) in [6, 6.07) is 0. The van der Waals surface area contributed by atoms with Crippen LogP contribution in [-0.2, 0) is 4.79 Å². The number of hydrogen-bond acceptors (Lipinski definition) is 4. The Morgan fingerprint density at radius 1 is 1.15 bits per heavy atom. The van der Waals surface area contributed by atoms with Crippen molar-refractivity contribution in [1.29, 1.82) is 0 Å². The van der Waals surface area contributed by atoms with Crippen LogP contribution in [0.1, 0.15) is 25.7 Å². The summed E-state index contributed by atoms with van der Waals surface area (Å²) in [6.07, 6.45) is 2.58. The molecule has 5 heteroatoms. The van der Waals surface area contributed by atoms with Crippen molar-refractivity contribution >= 4 is 18.7 Å². The predicted octanol–water partition coefficient (Wildman–Crippen LogP) is -0.150. The Labute approximate surface area is 84.5 Å². The van der Waals surface area contributed by atoms with Crippen molar-refractivity contribution in [3.8, 4) is 0 Å². The van der Waals surface area contributed by atoms with Gasteiger partial charge in [-0.1, -0.05) is 0 Å². The van der Waals surface area contributed by atoms with E-state index in [1.54, 1.807) is 0 Å². The maximum Gasteiger partial charge on any atom is 0.120 e. The second-order valence-electron chi connectivity index (χ2n) is 3.01. The Kier molecular flexibility index (Phi) is 9.94. The SMILES string of the molecule is Cl.NC(CCO)(CCO)CCC=O. The number of aliphatic hydroxyl groups is 2. The molecular formula is C8H18ClNO3. The van der Waals surface area contributed by atoms with Gasteiger partial charge in [-0.2, -0.15) is 0 Å². The fourth-order valence-corrected chi connectivity index (χ4v) is 1.17. The summed E-state index contributed by atoms with van der Waals surface area (Å²) in [6.45, 7) is -0.00921. The lowest BCUT2D eigenvalue weighted by Crippen LogP contribution is -2.41. The van der Waals surface area contributed by atoms with Crippen molar-refractivity contribution < 1.29 is 15.0 Å². The van der Waals surface area contributed by atoms with Crippen LogP contribution in [0.25, 0.3) is 0 Å². The standard InChI is InChI=1S/C8H17NO3.ClH/c9-8(3-6-11,4-7-12)2-1-5-10;/h5,11-12H,1-4,6-7,9H2;1H. The molecule has 0 bridgehead atoms. The minimum atomic E-state index is -0.579. The molecular weight excluding hydrogens is 194 g/mol. The first-order chi connectivity index (χ1) is 5.68. The molecule has 4 nitrogen and oxygen atoms in total. The highest BCUT2D eigenvalue weighted by Crippen LogP contribution is 2.17. The van der Waals surface area contributed by atoms with E-state index in [9.17, 15) is 4.79 Å². The molecule has 0 heterocycles. The van der Waals surface area contributed by atoms with Gasteiger partial charge < -0.3 is 20.7 Å². The molecule has 0 amide bonds. The molecule has 0 aromatic carbocycles. The molecule has 4 N–H and O–H groups in total. The van der Waals surface area contributed by atoms with Gasteiger partial charge in [0, 0.05) is 25.2 Å². The highest BCUT2D eigenvalue weighted by atomic mass is 35.5. The summed E-state index contributed by atoms with van der Waals surface area (Å²) in [5.41, 5.74) is 5.25. The number of rotatable bonds is 7. The lowest BCUT2D eigenvalue weighted by molar-refractivity contribution is -0.108. The maximum atomic E-state index is 10.1. The quantitative estimate of drug-likeness (QED) is 0.512. The Morgan fingerprint density at radius 3 is 1.92 bits per heavy atom. The zero-order valence-corrected chi connectivity index (χ0v) is 8.42. The number of aldehydes is 1. The van der Waals surface area contributed by atoms with E-state index in [2.05, 4.69) is 0 Å². The molecule has 0 aromatic heterocycles. The van der Waals surface area contributed by atoms with Gasteiger partial charge in [-0.05, 0) is 19.3 Å². The third-order valence-electron chi connectivity index (χ3n) is 1.98. The van der Waals surface area contributed by atoms with E-state index in [0.29, 0.717) is 25.7 Å². The van der Waals surface area contributed by atoms with E-state index < -0.39 is 5.54 Å². The summed E-state index contributed by atoms with van der Waals surface area (Å²) in [7, 11) is 0. The molecule has 0 aliphatic carbocycles. The van der Waals surface area contributed by atoms with Gasteiger partial charge in [0.1, 0.15) is 6.29 Å². The molecule has 0 atom stereocenters. The average Bonchev–Trinajstić information content (AvgIpc) is 2.02. The Hall–Kier alpha value is -0.160. The van der Waals surface area contributed by atoms with Gasteiger partial charge in [-0.25, -0.2) is 0 Å². The lowest BCUT2D eigenvalue weighted by atomic mass is 9.88. The number of nitrogens with two attached hydrogens (primary N) is 1. The molecule has 0 saturated carbocycles. The largest absolute Gasteiger partial charge is 0.396 e. The van der Waals surface area contributed by atoms with Gasteiger partial charge in [0.05, 0.1) is 0 Å². The van der Waals surface area contributed by atoms with E-state index in [1.165, 1.54) is 0 Å². The van der Waals surface area contributed by atoms with E-state index in [1.807, 2.05) is 0 Å². The molecule has 0 aliphatic heterocycles. The van der Waals surface area contributed by atoms with Crippen molar-refractivity contribution in [2.24, 2.45) is 5.73 Å².